The van der Waals surface area contributed by atoms with Gasteiger partial charge in [0.15, 0.2) is 0 Å². The predicted octanol–water partition coefficient (Wildman–Crippen LogP) is 2.99. The summed E-state index contributed by atoms with van der Waals surface area (Å²) in [6, 6.07) is 8.92. The van der Waals surface area contributed by atoms with Gasteiger partial charge in [0.1, 0.15) is 5.82 Å². The highest BCUT2D eigenvalue weighted by atomic mass is 79.9. The Morgan fingerprint density at radius 2 is 2.11 bits per heavy atom. The highest BCUT2D eigenvalue weighted by molar-refractivity contribution is 9.10. The highest BCUT2D eigenvalue weighted by Gasteiger charge is 2.10. The summed E-state index contributed by atoms with van der Waals surface area (Å²) in [6.07, 6.45) is 1.50. The molecule has 0 aliphatic rings. The minimum atomic E-state index is -0.189. The van der Waals surface area contributed by atoms with E-state index in [4.69, 9.17) is 5.73 Å². The quantitative estimate of drug-likeness (QED) is 0.896. The maximum absolute atomic E-state index is 12.1. The lowest BCUT2D eigenvalue weighted by molar-refractivity contribution is 0.102. The summed E-state index contributed by atoms with van der Waals surface area (Å²) >= 11 is 3.35. The van der Waals surface area contributed by atoms with Crippen LogP contribution in [0.4, 0.5) is 11.5 Å². The van der Waals surface area contributed by atoms with Gasteiger partial charge < -0.3 is 11.1 Å². The third-order valence-electron chi connectivity index (χ3n) is 2.47. The molecular weight excluding hydrogens is 294 g/mol. The first-order chi connectivity index (χ1) is 8.56. The number of halogens is 1. The second-order valence-corrected chi connectivity index (χ2v) is 4.81. The first kappa shape index (κ1) is 12.6. The number of rotatable bonds is 2. The monoisotopic (exact) mass is 305 g/mol. The summed E-state index contributed by atoms with van der Waals surface area (Å²) in [5.41, 5.74) is 7.62. The molecular formula is C13H12BrN3O. The van der Waals surface area contributed by atoms with Gasteiger partial charge in [-0.05, 0) is 36.8 Å². The smallest absolute Gasteiger partial charge is 0.257 e. The molecule has 92 valence electrons. The molecule has 1 heterocycles. The van der Waals surface area contributed by atoms with E-state index in [1.54, 1.807) is 18.2 Å². The number of hydrogen-bond acceptors (Lipinski definition) is 3. The van der Waals surface area contributed by atoms with Crippen LogP contribution in [0.25, 0.3) is 0 Å². The van der Waals surface area contributed by atoms with Crippen LogP contribution in [-0.2, 0) is 0 Å². The molecule has 1 amide bonds. The molecule has 0 atom stereocenters. The average molecular weight is 306 g/mol. The normalized spacial score (nSPS) is 10.1. The Kier molecular flexibility index (Phi) is 3.62. The fourth-order valence-corrected chi connectivity index (χ4v) is 1.86. The third kappa shape index (κ3) is 2.87. The molecule has 0 unspecified atom stereocenters. The Labute approximate surface area is 113 Å². The molecule has 2 rings (SSSR count). The van der Waals surface area contributed by atoms with Gasteiger partial charge in [0.05, 0.1) is 11.9 Å². The van der Waals surface area contributed by atoms with Crippen LogP contribution in [0.3, 0.4) is 0 Å². The number of nitrogens with one attached hydrogen (secondary N) is 1. The van der Waals surface area contributed by atoms with Crippen LogP contribution in [0.2, 0.25) is 0 Å². The standard InChI is InChI=1S/C13H12BrN3O/c1-8-2-3-9(14)6-11(8)13(18)17-12-5-4-10(15)7-16-12/h2-7H,15H2,1H3,(H,16,17,18). The number of pyridine rings is 1. The van der Waals surface area contributed by atoms with E-state index < -0.39 is 0 Å². The fourth-order valence-electron chi connectivity index (χ4n) is 1.50. The van der Waals surface area contributed by atoms with Crippen LogP contribution in [0.15, 0.2) is 41.0 Å². The van der Waals surface area contributed by atoms with Crippen molar-refractivity contribution in [2.75, 3.05) is 11.1 Å². The number of carbonyl (C=O) groups excluding carboxylic acids is 1. The van der Waals surface area contributed by atoms with Crippen LogP contribution >= 0.6 is 15.9 Å². The number of amides is 1. The molecule has 0 radical (unpaired) electrons. The first-order valence-electron chi connectivity index (χ1n) is 5.35. The van der Waals surface area contributed by atoms with E-state index in [1.165, 1.54) is 6.20 Å². The summed E-state index contributed by atoms with van der Waals surface area (Å²) in [4.78, 5) is 16.1. The second-order valence-electron chi connectivity index (χ2n) is 3.89. The minimum Gasteiger partial charge on any atom is -0.397 e. The van der Waals surface area contributed by atoms with Crippen molar-refractivity contribution in [1.29, 1.82) is 0 Å². The molecule has 18 heavy (non-hydrogen) atoms. The van der Waals surface area contributed by atoms with E-state index in [0.717, 1.165) is 10.0 Å². The van der Waals surface area contributed by atoms with Crippen molar-refractivity contribution < 1.29 is 4.79 Å². The van der Waals surface area contributed by atoms with E-state index in [1.807, 2.05) is 19.1 Å². The lowest BCUT2D eigenvalue weighted by atomic mass is 10.1. The molecule has 4 nitrogen and oxygen atoms in total. The molecule has 1 aromatic heterocycles. The van der Waals surface area contributed by atoms with E-state index >= 15 is 0 Å². The van der Waals surface area contributed by atoms with E-state index in [0.29, 0.717) is 17.1 Å². The molecule has 3 N–H and O–H groups in total. The van der Waals surface area contributed by atoms with Crippen molar-refractivity contribution in [1.82, 2.24) is 4.98 Å². The number of anilines is 2. The number of nitrogen functional groups attached to an aromatic ring is 1. The molecule has 0 saturated heterocycles. The van der Waals surface area contributed by atoms with Gasteiger partial charge in [-0.3, -0.25) is 4.79 Å². The number of nitrogens with two attached hydrogens (primary N) is 1. The van der Waals surface area contributed by atoms with Crippen LogP contribution in [0, 0.1) is 6.92 Å². The van der Waals surface area contributed by atoms with Gasteiger partial charge in [0, 0.05) is 10.0 Å². The second kappa shape index (κ2) is 5.18. The molecule has 1 aromatic carbocycles. The number of hydrogen-bond donors (Lipinski definition) is 2. The lowest BCUT2D eigenvalue weighted by Gasteiger charge is -2.07. The van der Waals surface area contributed by atoms with Crippen LogP contribution < -0.4 is 11.1 Å². The molecule has 0 spiro atoms. The topological polar surface area (TPSA) is 68.0 Å². The van der Waals surface area contributed by atoms with E-state index in [9.17, 15) is 4.79 Å². The van der Waals surface area contributed by atoms with Gasteiger partial charge >= 0.3 is 0 Å². The maximum Gasteiger partial charge on any atom is 0.257 e. The Morgan fingerprint density at radius 3 is 2.78 bits per heavy atom. The van der Waals surface area contributed by atoms with Gasteiger partial charge in [0.2, 0.25) is 0 Å². The number of carbonyl (C=O) groups is 1. The predicted molar refractivity (Wildman–Crippen MR) is 75.5 cm³/mol. The van der Waals surface area contributed by atoms with Crippen molar-refractivity contribution in [2.24, 2.45) is 0 Å². The van der Waals surface area contributed by atoms with Gasteiger partial charge in [0.25, 0.3) is 5.91 Å². The number of benzene rings is 1. The highest BCUT2D eigenvalue weighted by Crippen LogP contribution is 2.17. The first-order valence-corrected chi connectivity index (χ1v) is 6.14. The maximum atomic E-state index is 12.1. The molecule has 0 fully saturated rings. The summed E-state index contributed by atoms with van der Waals surface area (Å²) < 4.78 is 0.864. The molecule has 0 aliphatic carbocycles. The van der Waals surface area contributed by atoms with Crippen molar-refractivity contribution in [3.63, 3.8) is 0 Å². The number of nitrogens with zero attached hydrogens (tertiary/aromatic N) is 1. The third-order valence-corrected chi connectivity index (χ3v) is 2.97. The lowest BCUT2D eigenvalue weighted by Crippen LogP contribution is -2.14. The summed E-state index contributed by atoms with van der Waals surface area (Å²) in [5, 5.41) is 2.73. The zero-order valence-electron chi connectivity index (χ0n) is 9.77. The van der Waals surface area contributed by atoms with Crippen molar-refractivity contribution >= 4 is 33.3 Å². The summed E-state index contributed by atoms with van der Waals surface area (Å²) in [7, 11) is 0. The van der Waals surface area contributed by atoms with Crippen LogP contribution in [0.5, 0.6) is 0 Å². The summed E-state index contributed by atoms with van der Waals surface area (Å²) in [6.45, 7) is 1.89. The van der Waals surface area contributed by atoms with Crippen molar-refractivity contribution in [3.8, 4) is 0 Å². The van der Waals surface area contributed by atoms with Gasteiger partial charge in [-0.1, -0.05) is 22.0 Å². The van der Waals surface area contributed by atoms with E-state index in [2.05, 4.69) is 26.2 Å². The van der Waals surface area contributed by atoms with Crippen LogP contribution in [0.1, 0.15) is 15.9 Å². The van der Waals surface area contributed by atoms with Crippen LogP contribution in [-0.4, -0.2) is 10.9 Å². The van der Waals surface area contributed by atoms with Crippen molar-refractivity contribution in [3.05, 3.63) is 52.1 Å². The minimum absolute atomic E-state index is 0.189. The number of aromatic nitrogens is 1. The van der Waals surface area contributed by atoms with Crippen molar-refractivity contribution in [2.45, 2.75) is 6.92 Å². The zero-order chi connectivity index (χ0) is 13.1. The molecule has 0 saturated carbocycles. The molecule has 5 heteroatoms. The summed E-state index contributed by atoms with van der Waals surface area (Å²) in [5.74, 6) is 0.291. The molecule has 0 bridgehead atoms. The Morgan fingerprint density at radius 1 is 1.33 bits per heavy atom. The number of aryl methyl sites for hydroxylation is 1. The average Bonchev–Trinajstić information content (AvgIpc) is 2.35. The van der Waals surface area contributed by atoms with Gasteiger partial charge in [-0.15, -0.1) is 0 Å². The van der Waals surface area contributed by atoms with E-state index in [-0.39, 0.29) is 5.91 Å². The molecule has 2 aromatic rings. The fraction of sp³-hybridized carbons (Fsp3) is 0.0769. The zero-order valence-corrected chi connectivity index (χ0v) is 11.4. The van der Waals surface area contributed by atoms with Gasteiger partial charge in [-0.25, -0.2) is 4.98 Å². The molecule has 0 aliphatic heterocycles. The largest absolute Gasteiger partial charge is 0.397 e. The van der Waals surface area contributed by atoms with Gasteiger partial charge in [-0.2, -0.15) is 0 Å². The Balaban J connectivity index is 2.21. The Hall–Kier alpha value is -1.88. The Bertz CT molecular complexity index is 581. The SMILES string of the molecule is Cc1ccc(Br)cc1C(=O)Nc1ccc(N)cn1.